The van der Waals surface area contributed by atoms with Crippen LogP contribution in [-0.4, -0.2) is 25.8 Å². The summed E-state index contributed by atoms with van der Waals surface area (Å²) < 4.78 is 18.6. The minimum absolute atomic E-state index is 0.295. The van der Waals surface area contributed by atoms with Crippen LogP contribution < -0.4 is 10.6 Å². The van der Waals surface area contributed by atoms with Gasteiger partial charge < -0.3 is 15.4 Å². The molecule has 1 unspecified atom stereocenters. The molecule has 20 heavy (non-hydrogen) atoms. The molecule has 1 aliphatic heterocycles. The van der Waals surface area contributed by atoms with Crippen LogP contribution in [0.2, 0.25) is 0 Å². The molecule has 0 radical (unpaired) electrons. The lowest BCUT2D eigenvalue weighted by Crippen LogP contribution is -2.29. The van der Waals surface area contributed by atoms with Crippen molar-refractivity contribution in [3.05, 3.63) is 29.6 Å². The molecular weight excluding hydrogens is 259 g/mol. The number of hydrogen-bond acceptors (Lipinski definition) is 2. The van der Waals surface area contributed by atoms with E-state index in [0.717, 1.165) is 32.5 Å². The topological polar surface area (TPSA) is 50.4 Å². The smallest absolute Gasteiger partial charge is 0.319 e. The van der Waals surface area contributed by atoms with Crippen LogP contribution in [0.25, 0.3) is 0 Å². The van der Waals surface area contributed by atoms with E-state index in [2.05, 4.69) is 10.6 Å². The Morgan fingerprint density at radius 1 is 1.50 bits per heavy atom. The minimum atomic E-state index is -0.316. The third-order valence-corrected chi connectivity index (χ3v) is 3.53. The zero-order valence-electron chi connectivity index (χ0n) is 11.7. The van der Waals surface area contributed by atoms with E-state index in [1.54, 1.807) is 19.1 Å². The van der Waals surface area contributed by atoms with Crippen LogP contribution in [0.3, 0.4) is 0 Å². The van der Waals surface area contributed by atoms with Crippen molar-refractivity contribution in [3.63, 3.8) is 0 Å². The van der Waals surface area contributed by atoms with Gasteiger partial charge in [0, 0.05) is 25.4 Å². The van der Waals surface area contributed by atoms with Crippen molar-refractivity contribution in [2.24, 2.45) is 5.92 Å². The van der Waals surface area contributed by atoms with E-state index in [4.69, 9.17) is 4.74 Å². The summed E-state index contributed by atoms with van der Waals surface area (Å²) in [5, 5.41) is 5.40. The monoisotopic (exact) mass is 280 g/mol. The van der Waals surface area contributed by atoms with Crippen molar-refractivity contribution in [1.82, 2.24) is 5.32 Å². The molecule has 2 rings (SSSR count). The molecule has 1 saturated heterocycles. The first-order chi connectivity index (χ1) is 9.65. The summed E-state index contributed by atoms with van der Waals surface area (Å²) in [6.45, 7) is 4.01. The van der Waals surface area contributed by atoms with Gasteiger partial charge >= 0.3 is 6.03 Å². The Morgan fingerprint density at radius 2 is 2.35 bits per heavy atom. The quantitative estimate of drug-likeness (QED) is 0.814. The van der Waals surface area contributed by atoms with E-state index in [1.807, 2.05) is 0 Å². The number of aryl methyl sites for hydroxylation is 1. The van der Waals surface area contributed by atoms with Crippen molar-refractivity contribution < 1.29 is 13.9 Å². The van der Waals surface area contributed by atoms with E-state index in [0.29, 0.717) is 23.7 Å². The number of amides is 2. The summed E-state index contributed by atoms with van der Waals surface area (Å²) in [6, 6.07) is 4.36. The summed E-state index contributed by atoms with van der Waals surface area (Å²) in [7, 11) is 0. The van der Waals surface area contributed by atoms with Gasteiger partial charge in [-0.25, -0.2) is 9.18 Å². The summed E-state index contributed by atoms with van der Waals surface area (Å²) in [6.07, 6.45) is 3.12. The van der Waals surface area contributed by atoms with E-state index >= 15 is 0 Å². The number of hydrogen-bond donors (Lipinski definition) is 2. The molecule has 110 valence electrons. The highest BCUT2D eigenvalue weighted by molar-refractivity contribution is 5.89. The molecule has 1 fully saturated rings. The average Bonchev–Trinajstić information content (AvgIpc) is 2.92. The van der Waals surface area contributed by atoms with Crippen molar-refractivity contribution >= 4 is 11.7 Å². The predicted molar refractivity (Wildman–Crippen MR) is 76.3 cm³/mol. The van der Waals surface area contributed by atoms with E-state index in [1.165, 1.54) is 6.07 Å². The van der Waals surface area contributed by atoms with Gasteiger partial charge in [-0.1, -0.05) is 6.07 Å². The fourth-order valence-corrected chi connectivity index (χ4v) is 2.25. The maximum absolute atomic E-state index is 13.3. The molecule has 1 aliphatic rings. The fourth-order valence-electron chi connectivity index (χ4n) is 2.25. The van der Waals surface area contributed by atoms with Crippen LogP contribution in [-0.2, 0) is 4.74 Å². The largest absolute Gasteiger partial charge is 0.381 e. The standard InChI is InChI=1S/C15H21FN2O2/c1-11-4-5-13(9-14(11)16)18-15(19)17-7-2-3-12-6-8-20-10-12/h4-5,9,12H,2-3,6-8,10H2,1H3,(H2,17,18,19). The Kier molecular flexibility index (Phi) is 5.35. The number of nitrogens with one attached hydrogen (secondary N) is 2. The number of carbonyl (C=O) groups excluding carboxylic acids is 1. The first-order valence-electron chi connectivity index (χ1n) is 7.04. The third kappa shape index (κ3) is 4.49. The zero-order chi connectivity index (χ0) is 14.4. The molecule has 1 heterocycles. The number of anilines is 1. The second-order valence-electron chi connectivity index (χ2n) is 5.22. The number of halogens is 1. The predicted octanol–water partition coefficient (Wildman–Crippen LogP) is 3.07. The van der Waals surface area contributed by atoms with Gasteiger partial charge in [0.2, 0.25) is 0 Å². The molecule has 1 aromatic carbocycles. The van der Waals surface area contributed by atoms with Gasteiger partial charge in [-0.3, -0.25) is 0 Å². The molecule has 2 amide bonds. The van der Waals surface area contributed by atoms with Crippen molar-refractivity contribution in [2.75, 3.05) is 25.1 Å². The highest BCUT2D eigenvalue weighted by Gasteiger charge is 2.14. The maximum atomic E-state index is 13.3. The van der Waals surface area contributed by atoms with E-state index in [9.17, 15) is 9.18 Å². The van der Waals surface area contributed by atoms with Crippen molar-refractivity contribution in [1.29, 1.82) is 0 Å². The molecule has 5 heteroatoms. The molecule has 2 N–H and O–H groups in total. The molecule has 0 saturated carbocycles. The number of urea groups is 1. The molecule has 0 aromatic heterocycles. The fraction of sp³-hybridized carbons (Fsp3) is 0.533. The lowest BCUT2D eigenvalue weighted by molar-refractivity contribution is 0.184. The second kappa shape index (κ2) is 7.24. The van der Waals surface area contributed by atoms with Gasteiger partial charge in [-0.15, -0.1) is 0 Å². The third-order valence-electron chi connectivity index (χ3n) is 3.53. The first-order valence-corrected chi connectivity index (χ1v) is 7.04. The van der Waals surface area contributed by atoms with Crippen molar-refractivity contribution in [3.8, 4) is 0 Å². The Morgan fingerprint density at radius 3 is 3.05 bits per heavy atom. The normalized spacial score (nSPS) is 18.0. The number of carbonyl (C=O) groups is 1. The van der Waals surface area contributed by atoms with Gasteiger partial charge in [0.05, 0.1) is 0 Å². The van der Waals surface area contributed by atoms with Crippen LogP contribution in [0.15, 0.2) is 18.2 Å². The van der Waals surface area contributed by atoms with E-state index < -0.39 is 0 Å². The summed E-state index contributed by atoms with van der Waals surface area (Å²) in [5.41, 5.74) is 1.03. The van der Waals surface area contributed by atoms with Crippen LogP contribution in [0.4, 0.5) is 14.9 Å². The van der Waals surface area contributed by atoms with Crippen LogP contribution >= 0.6 is 0 Å². The molecular formula is C15H21FN2O2. The highest BCUT2D eigenvalue weighted by atomic mass is 19.1. The summed E-state index contributed by atoms with van der Waals surface area (Å²) in [5.74, 6) is 0.315. The Bertz CT molecular complexity index is 459. The van der Waals surface area contributed by atoms with Crippen molar-refractivity contribution in [2.45, 2.75) is 26.2 Å². The second-order valence-corrected chi connectivity index (χ2v) is 5.22. The summed E-state index contributed by atoms with van der Waals surface area (Å²) >= 11 is 0. The molecule has 4 nitrogen and oxygen atoms in total. The van der Waals surface area contributed by atoms with Gasteiger partial charge in [0.15, 0.2) is 0 Å². The van der Waals surface area contributed by atoms with Gasteiger partial charge in [-0.2, -0.15) is 0 Å². The van der Waals surface area contributed by atoms with Gasteiger partial charge in [0.25, 0.3) is 0 Å². The number of rotatable bonds is 5. The van der Waals surface area contributed by atoms with Gasteiger partial charge in [-0.05, 0) is 49.8 Å². The highest BCUT2D eigenvalue weighted by Crippen LogP contribution is 2.17. The minimum Gasteiger partial charge on any atom is -0.381 e. The number of benzene rings is 1. The molecule has 0 bridgehead atoms. The maximum Gasteiger partial charge on any atom is 0.319 e. The lowest BCUT2D eigenvalue weighted by Gasteiger charge is -2.10. The Hall–Kier alpha value is -1.62. The van der Waals surface area contributed by atoms with E-state index in [-0.39, 0.29) is 11.8 Å². The first kappa shape index (κ1) is 14.8. The Labute approximate surface area is 118 Å². The average molecular weight is 280 g/mol. The van der Waals surface area contributed by atoms with Crippen LogP contribution in [0.1, 0.15) is 24.8 Å². The SMILES string of the molecule is Cc1ccc(NC(=O)NCCCC2CCOC2)cc1F. The molecule has 0 spiro atoms. The van der Waals surface area contributed by atoms with Gasteiger partial charge in [0.1, 0.15) is 5.82 Å². The Balaban J connectivity index is 1.65. The van der Waals surface area contributed by atoms with Crippen LogP contribution in [0, 0.1) is 18.7 Å². The number of ether oxygens (including phenoxy) is 1. The zero-order valence-corrected chi connectivity index (χ0v) is 11.7. The molecule has 1 atom stereocenters. The molecule has 0 aliphatic carbocycles. The lowest BCUT2D eigenvalue weighted by atomic mass is 10.0. The van der Waals surface area contributed by atoms with Crippen LogP contribution in [0.5, 0.6) is 0 Å². The summed E-state index contributed by atoms with van der Waals surface area (Å²) in [4.78, 5) is 11.6. The molecule has 1 aromatic rings.